The Hall–Kier alpha value is -1.94. The van der Waals surface area contributed by atoms with Crippen molar-refractivity contribution >= 4 is 5.82 Å². The highest BCUT2D eigenvalue weighted by atomic mass is 19.1. The molecule has 1 heterocycles. The molecule has 0 aliphatic rings. The van der Waals surface area contributed by atoms with E-state index in [0.717, 1.165) is 5.56 Å². The van der Waals surface area contributed by atoms with Crippen LogP contribution in [0.2, 0.25) is 0 Å². The first-order valence-corrected chi connectivity index (χ1v) is 6.62. The Balaban J connectivity index is 2.29. The van der Waals surface area contributed by atoms with Crippen molar-refractivity contribution in [3.05, 3.63) is 59.5 Å². The van der Waals surface area contributed by atoms with E-state index in [-0.39, 0.29) is 11.9 Å². The number of pyridine rings is 1. The fraction of sp³-hybridized carbons (Fsp3) is 0.312. The van der Waals surface area contributed by atoms with Crippen LogP contribution in [0.4, 0.5) is 10.2 Å². The van der Waals surface area contributed by atoms with E-state index in [1.54, 1.807) is 31.3 Å². The monoisotopic (exact) mass is 274 g/mol. The topological polar surface area (TPSA) is 36.4 Å². The zero-order chi connectivity index (χ0) is 14.7. The number of anilines is 1. The number of hydrogen-bond donors (Lipinski definition) is 1. The van der Waals surface area contributed by atoms with Crippen LogP contribution in [-0.4, -0.2) is 17.1 Å². The largest absolute Gasteiger partial charge is 0.389 e. The van der Waals surface area contributed by atoms with Crippen molar-refractivity contribution < 1.29 is 9.50 Å². The van der Waals surface area contributed by atoms with E-state index in [2.05, 4.69) is 4.98 Å². The molecule has 2 aromatic rings. The average molecular weight is 274 g/mol. The number of benzene rings is 1. The Labute approximate surface area is 118 Å². The SMILES string of the molecule is CC(c1ccccc1F)N(C)c1cc([C@@H](C)O)ccn1. The van der Waals surface area contributed by atoms with Crippen LogP contribution in [0.5, 0.6) is 0 Å². The number of aliphatic hydroxyl groups excluding tert-OH is 1. The van der Waals surface area contributed by atoms with Gasteiger partial charge in [-0.25, -0.2) is 9.37 Å². The van der Waals surface area contributed by atoms with Gasteiger partial charge < -0.3 is 10.0 Å². The molecule has 0 saturated heterocycles. The number of nitrogens with zero attached hydrogens (tertiary/aromatic N) is 2. The van der Waals surface area contributed by atoms with Gasteiger partial charge in [0.05, 0.1) is 12.1 Å². The first-order chi connectivity index (χ1) is 9.50. The normalized spacial score (nSPS) is 13.8. The van der Waals surface area contributed by atoms with Crippen molar-refractivity contribution in [2.75, 3.05) is 11.9 Å². The van der Waals surface area contributed by atoms with Gasteiger partial charge in [-0.15, -0.1) is 0 Å². The third-order valence-electron chi connectivity index (χ3n) is 3.55. The van der Waals surface area contributed by atoms with Crippen molar-refractivity contribution in [1.29, 1.82) is 0 Å². The highest BCUT2D eigenvalue weighted by molar-refractivity contribution is 5.43. The van der Waals surface area contributed by atoms with Crippen LogP contribution in [0.15, 0.2) is 42.6 Å². The Morgan fingerprint density at radius 3 is 2.55 bits per heavy atom. The van der Waals surface area contributed by atoms with E-state index >= 15 is 0 Å². The molecule has 0 aliphatic heterocycles. The Morgan fingerprint density at radius 1 is 1.20 bits per heavy atom. The van der Waals surface area contributed by atoms with Gasteiger partial charge >= 0.3 is 0 Å². The lowest BCUT2D eigenvalue weighted by molar-refractivity contribution is 0.199. The quantitative estimate of drug-likeness (QED) is 0.927. The Bertz CT molecular complexity index is 586. The predicted molar refractivity (Wildman–Crippen MR) is 78.1 cm³/mol. The number of rotatable bonds is 4. The van der Waals surface area contributed by atoms with Gasteiger partial charge in [-0.2, -0.15) is 0 Å². The van der Waals surface area contributed by atoms with E-state index in [1.807, 2.05) is 31.0 Å². The van der Waals surface area contributed by atoms with Gasteiger partial charge in [-0.1, -0.05) is 18.2 Å². The summed E-state index contributed by atoms with van der Waals surface area (Å²) in [5.41, 5.74) is 1.42. The minimum Gasteiger partial charge on any atom is -0.389 e. The van der Waals surface area contributed by atoms with Gasteiger partial charge in [-0.3, -0.25) is 0 Å². The van der Waals surface area contributed by atoms with Gasteiger partial charge in [0, 0.05) is 18.8 Å². The number of halogens is 1. The molecular formula is C16H19FN2O. The lowest BCUT2D eigenvalue weighted by Gasteiger charge is -2.27. The predicted octanol–water partition coefficient (Wildman–Crippen LogP) is 3.47. The van der Waals surface area contributed by atoms with Crippen molar-refractivity contribution in [1.82, 2.24) is 4.98 Å². The minimum atomic E-state index is -0.547. The summed E-state index contributed by atoms with van der Waals surface area (Å²) in [5, 5.41) is 9.62. The standard InChI is InChI=1S/C16H19FN2O/c1-11(14-6-4-5-7-15(14)17)19(3)16-10-13(12(2)20)8-9-18-16/h4-12,20H,1-3H3/t11?,12-/m1/s1. The maximum Gasteiger partial charge on any atom is 0.129 e. The molecule has 2 rings (SSSR count). The molecule has 106 valence electrons. The summed E-state index contributed by atoms with van der Waals surface area (Å²) < 4.78 is 13.8. The number of aliphatic hydroxyl groups is 1. The fourth-order valence-electron chi connectivity index (χ4n) is 2.11. The average Bonchev–Trinajstić information content (AvgIpc) is 2.46. The van der Waals surface area contributed by atoms with Crippen LogP contribution >= 0.6 is 0 Å². The Morgan fingerprint density at radius 2 is 1.90 bits per heavy atom. The molecule has 1 aromatic heterocycles. The van der Waals surface area contributed by atoms with Crippen molar-refractivity contribution in [2.24, 2.45) is 0 Å². The molecular weight excluding hydrogens is 255 g/mol. The highest BCUT2D eigenvalue weighted by Gasteiger charge is 2.17. The minimum absolute atomic E-state index is 0.145. The van der Waals surface area contributed by atoms with Crippen LogP contribution in [-0.2, 0) is 0 Å². The zero-order valence-electron chi connectivity index (χ0n) is 11.9. The summed E-state index contributed by atoms with van der Waals surface area (Å²) in [4.78, 5) is 6.18. The van der Waals surface area contributed by atoms with Crippen LogP contribution in [0.1, 0.15) is 37.1 Å². The Kier molecular flexibility index (Phi) is 4.35. The van der Waals surface area contributed by atoms with Gasteiger partial charge in [0.25, 0.3) is 0 Å². The van der Waals surface area contributed by atoms with Crippen LogP contribution in [0.25, 0.3) is 0 Å². The van der Waals surface area contributed by atoms with Crippen LogP contribution < -0.4 is 4.90 Å². The van der Waals surface area contributed by atoms with Crippen molar-refractivity contribution in [3.8, 4) is 0 Å². The molecule has 0 bridgehead atoms. The van der Waals surface area contributed by atoms with Gasteiger partial charge in [0.15, 0.2) is 0 Å². The maximum absolute atomic E-state index is 13.8. The fourth-order valence-corrected chi connectivity index (χ4v) is 2.11. The molecule has 0 amide bonds. The molecule has 20 heavy (non-hydrogen) atoms. The second kappa shape index (κ2) is 6.01. The highest BCUT2D eigenvalue weighted by Crippen LogP contribution is 2.26. The third kappa shape index (κ3) is 2.96. The summed E-state index contributed by atoms with van der Waals surface area (Å²) in [6.07, 6.45) is 1.11. The van der Waals surface area contributed by atoms with Crippen LogP contribution in [0, 0.1) is 5.82 Å². The van der Waals surface area contributed by atoms with Gasteiger partial charge in [0.2, 0.25) is 0 Å². The lowest BCUT2D eigenvalue weighted by Crippen LogP contribution is -2.23. The van der Waals surface area contributed by atoms with Crippen molar-refractivity contribution in [2.45, 2.75) is 26.0 Å². The van der Waals surface area contributed by atoms with Crippen molar-refractivity contribution in [3.63, 3.8) is 0 Å². The molecule has 3 nitrogen and oxygen atoms in total. The molecule has 1 unspecified atom stereocenters. The lowest BCUT2D eigenvalue weighted by atomic mass is 10.1. The molecule has 0 spiro atoms. The van der Waals surface area contributed by atoms with E-state index in [1.165, 1.54) is 6.07 Å². The first-order valence-electron chi connectivity index (χ1n) is 6.62. The maximum atomic E-state index is 13.8. The second-order valence-corrected chi connectivity index (χ2v) is 4.93. The molecule has 0 radical (unpaired) electrons. The van der Waals surface area contributed by atoms with E-state index in [4.69, 9.17) is 0 Å². The number of aromatic nitrogens is 1. The summed E-state index contributed by atoms with van der Waals surface area (Å²) in [7, 11) is 1.87. The molecule has 0 aliphatic carbocycles. The molecule has 2 atom stereocenters. The number of hydrogen-bond acceptors (Lipinski definition) is 3. The van der Waals surface area contributed by atoms with Crippen LogP contribution in [0.3, 0.4) is 0 Å². The summed E-state index contributed by atoms with van der Waals surface area (Å²) in [6, 6.07) is 10.2. The second-order valence-electron chi connectivity index (χ2n) is 4.93. The zero-order valence-corrected chi connectivity index (χ0v) is 11.9. The summed E-state index contributed by atoms with van der Waals surface area (Å²) in [6.45, 7) is 3.63. The summed E-state index contributed by atoms with van der Waals surface area (Å²) in [5.74, 6) is 0.484. The smallest absolute Gasteiger partial charge is 0.129 e. The summed E-state index contributed by atoms with van der Waals surface area (Å²) >= 11 is 0. The van der Waals surface area contributed by atoms with Gasteiger partial charge in [0.1, 0.15) is 11.6 Å². The molecule has 0 saturated carbocycles. The first kappa shape index (κ1) is 14.5. The third-order valence-corrected chi connectivity index (χ3v) is 3.55. The molecule has 4 heteroatoms. The van der Waals surface area contributed by atoms with Gasteiger partial charge in [-0.05, 0) is 37.6 Å². The van der Waals surface area contributed by atoms with E-state index < -0.39 is 6.10 Å². The molecule has 1 aromatic carbocycles. The van der Waals surface area contributed by atoms with E-state index in [9.17, 15) is 9.50 Å². The molecule has 0 fully saturated rings. The van der Waals surface area contributed by atoms with E-state index in [0.29, 0.717) is 11.4 Å². The molecule has 1 N–H and O–H groups in total.